The molecule has 2 aliphatic rings. The van der Waals surface area contributed by atoms with Gasteiger partial charge in [-0.2, -0.15) is 0 Å². The lowest BCUT2D eigenvalue weighted by atomic mass is 9.93. The third-order valence-electron chi connectivity index (χ3n) is 3.66. The highest BCUT2D eigenvalue weighted by atomic mass is 16.6. The maximum Gasteiger partial charge on any atom is 0.410 e. The number of likely N-dealkylation sites (tertiary alicyclic amines) is 1. The van der Waals surface area contributed by atoms with E-state index in [1.54, 1.807) is 0 Å². The Bertz CT molecular complexity index is 288. The molecule has 1 aliphatic carbocycles. The highest BCUT2D eigenvalue weighted by molar-refractivity contribution is 5.68. The fourth-order valence-electron chi connectivity index (χ4n) is 2.42. The van der Waals surface area contributed by atoms with Gasteiger partial charge in [0.2, 0.25) is 0 Å². The normalized spacial score (nSPS) is 28.0. The van der Waals surface area contributed by atoms with Crippen molar-refractivity contribution in [1.82, 2.24) is 4.90 Å². The Kier molecular flexibility index (Phi) is 2.65. The third kappa shape index (κ3) is 2.32. The van der Waals surface area contributed by atoms with Gasteiger partial charge in [0.05, 0.1) is 0 Å². The van der Waals surface area contributed by atoms with E-state index in [2.05, 4.69) is 0 Å². The Hall–Kier alpha value is -0.770. The Morgan fingerprint density at radius 3 is 2.25 bits per heavy atom. The molecule has 0 aromatic carbocycles. The van der Waals surface area contributed by atoms with Crippen molar-refractivity contribution >= 4 is 6.09 Å². The molecule has 1 atom stereocenters. The molecule has 1 heterocycles. The van der Waals surface area contributed by atoms with Crippen molar-refractivity contribution in [3.63, 3.8) is 0 Å². The number of rotatable bonds is 0. The highest BCUT2D eigenvalue weighted by Gasteiger charge is 2.53. The van der Waals surface area contributed by atoms with Crippen LogP contribution >= 0.6 is 0 Å². The molecule has 0 unspecified atom stereocenters. The number of amides is 1. The zero-order valence-corrected chi connectivity index (χ0v) is 10.5. The quantitative estimate of drug-likeness (QED) is 0.684. The third-order valence-corrected chi connectivity index (χ3v) is 3.66. The molecule has 0 aromatic heterocycles. The fraction of sp³-hybridized carbons (Fsp3) is 0.917. The maximum absolute atomic E-state index is 11.8. The van der Waals surface area contributed by atoms with Crippen LogP contribution in [0.4, 0.5) is 4.79 Å². The highest BCUT2D eigenvalue weighted by Crippen LogP contribution is 2.52. The van der Waals surface area contributed by atoms with Gasteiger partial charge in [0.15, 0.2) is 0 Å². The molecule has 92 valence electrons. The molecule has 0 aromatic rings. The van der Waals surface area contributed by atoms with Gasteiger partial charge in [-0.25, -0.2) is 4.79 Å². The number of hydrogen-bond donors (Lipinski definition) is 1. The predicted molar refractivity (Wildman–Crippen MR) is 62.1 cm³/mol. The number of carbonyl (C=O) groups is 1. The maximum atomic E-state index is 11.8. The molecule has 2 N–H and O–H groups in total. The van der Waals surface area contributed by atoms with Crippen molar-refractivity contribution in [3.05, 3.63) is 0 Å². The second-order valence-electron chi connectivity index (χ2n) is 6.14. The zero-order valence-electron chi connectivity index (χ0n) is 10.5. The first-order chi connectivity index (χ1) is 7.32. The second-order valence-corrected chi connectivity index (χ2v) is 6.14. The van der Waals surface area contributed by atoms with Crippen LogP contribution in [-0.2, 0) is 4.74 Å². The van der Waals surface area contributed by atoms with Gasteiger partial charge in [0, 0.05) is 19.1 Å². The minimum absolute atomic E-state index is 0.184. The summed E-state index contributed by atoms with van der Waals surface area (Å²) in [6.07, 6.45) is 3.02. The molecule has 4 nitrogen and oxygen atoms in total. The van der Waals surface area contributed by atoms with E-state index in [0.29, 0.717) is 11.5 Å². The average molecular weight is 226 g/mol. The van der Waals surface area contributed by atoms with E-state index in [9.17, 15) is 4.79 Å². The van der Waals surface area contributed by atoms with Gasteiger partial charge < -0.3 is 15.4 Å². The lowest BCUT2D eigenvalue weighted by Crippen LogP contribution is -2.43. The summed E-state index contributed by atoms with van der Waals surface area (Å²) >= 11 is 0. The summed E-state index contributed by atoms with van der Waals surface area (Å²) in [5.74, 6) is 0. The molecule has 1 saturated heterocycles. The van der Waals surface area contributed by atoms with Crippen LogP contribution in [0, 0.1) is 5.41 Å². The number of nitrogens with zero attached hydrogens (tertiary/aromatic N) is 1. The van der Waals surface area contributed by atoms with E-state index < -0.39 is 5.60 Å². The van der Waals surface area contributed by atoms with Gasteiger partial charge >= 0.3 is 6.09 Å². The largest absolute Gasteiger partial charge is 0.444 e. The molecule has 1 amide bonds. The SMILES string of the molecule is CC(C)(C)OC(=O)N1CCC2(CC1)C[C@H]2N. The Labute approximate surface area is 97.1 Å². The number of piperidine rings is 1. The topological polar surface area (TPSA) is 55.6 Å². The van der Waals surface area contributed by atoms with Crippen LogP contribution in [0.5, 0.6) is 0 Å². The fourth-order valence-corrected chi connectivity index (χ4v) is 2.42. The van der Waals surface area contributed by atoms with Gasteiger partial charge in [-0.05, 0) is 45.4 Å². The van der Waals surface area contributed by atoms with E-state index in [1.807, 2.05) is 25.7 Å². The summed E-state index contributed by atoms with van der Waals surface area (Å²) in [5.41, 5.74) is 5.88. The van der Waals surface area contributed by atoms with Crippen molar-refractivity contribution in [2.24, 2.45) is 11.1 Å². The first-order valence-electron chi connectivity index (χ1n) is 6.06. The molecule has 1 saturated carbocycles. The van der Waals surface area contributed by atoms with Crippen LogP contribution in [-0.4, -0.2) is 35.7 Å². The molecule has 1 aliphatic heterocycles. The first-order valence-corrected chi connectivity index (χ1v) is 6.06. The number of nitrogens with two attached hydrogens (primary N) is 1. The smallest absolute Gasteiger partial charge is 0.410 e. The van der Waals surface area contributed by atoms with Gasteiger partial charge in [-0.3, -0.25) is 0 Å². The molecule has 4 heteroatoms. The van der Waals surface area contributed by atoms with Crippen LogP contribution < -0.4 is 5.73 Å². The van der Waals surface area contributed by atoms with Crippen LogP contribution in [0.25, 0.3) is 0 Å². The molecular weight excluding hydrogens is 204 g/mol. The minimum atomic E-state index is -0.401. The van der Waals surface area contributed by atoms with E-state index in [-0.39, 0.29) is 6.09 Å². The van der Waals surface area contributed by atoms with Crippen molar-refractivity contribution in [2.75, 3.05) is 13.1 Å². The number of hydrogen-bond acceptors (Lipinski definition) is 3. The standard InChI is InChI=1S/C12H22N2O2/c1-11(2,3)16-10(15)14-6-4-12(5-7-14)8-9(12)13/h9H,4-8,13H2,1-3H3/t9-/m1/s1. The molecule has 0 bridgehead atoms. The van der Waals surface area contributed by atoms with Crippen molar-refractivity contribution in [3.8, 4) is 0 Å². The van der Waals surface area contributed by atoms with E-state index in [4.69, 9.17) is 10.5 Å². The summed E-state index contributed by atoms with van der Waals surface area (Å²) in [4.78, 5) is 13.6. The van der Waals surface area contributed by atoms with Crippen LogP contribution in [0.15, 0.2) is 0 Å². The first kappa shape index (κ1) is 11.7. The van der Waals surface area contributed by atoms with Crippen LogP contribution in [0.1, 0.15) is 40.0 Å². The predicted octanol–water partition coefficient (Wildman–Crippen LogP) is 1.73. The lowest BCUT2D eigenvalue weighted by molar-refractivity contribution is 0.0170. The van der Waals surface area contributed by atoms with Crippen LogP contribution in [0.3, 0.4) is 0 Å². The Morgan fingerprint density at radius 1 is 1.38 bits per heavy atom. The number of ether oxygens (including phenoxy) is 1. The number of carbonyl (C=O) groups excluding carboxylic acids is 1. The Balaban J connectivity index is 1.83. The van der Waals surface area contributed by atoms with E-state index >= 15 is 0 Å². The van der Waals surface area contributed by atoms with E-state index in [0.717, 1.165) is 32.4 Å². The van der Waals surface area contributed by atoms with Gasteiger partial charge in [0.25, 0.3) is 0 Å². The van der Waals surface area contributed by atoms with Crippen LogP contribution in [0.2, 0.25) is 0 Å². The summed E-state index contributed by atoms with van der Waals surface area (Å²) in [5, 5.41) is 0. The molecule has 16 heavy (non-hydrogen) atoms. The van der Waals surface area contributed by atoms with Crippen molar-refractivity contribution in [1.29, 1.82) is 0 Å². The molecule has 0 radical (unpaired) electrons. The van der Waals surface area contributed by atoms with E-state index in [1.165, 1.54) is 0 Å². The van der Waals surface area contributed by atoms with Crippen molar-refractivity contribution in [2.45, 2.75) is 51.7 Å². The molecular formula is C12H22N2O2. The van der Waals surface area contributed by atoms with Gasteiger partial charge in [0.1, 0.15) is 5.60 Å². The minimum Gasteiger partial charge on any atom is -0.444 e. The summed E-state index contributed by atoms with van der Waals surface area (Å²) < 4.78 is 5.35. The Morgan fingerprint density at radius 2 is 1.88 bits per heavy atom. The summed E-state index contributed by atoms with van der Waals surface area (Å²) in [6, 6.07) is 0.369. The summed E-state index contributed by atoms with van der Waals surface area (Å²) in [7, 11) is 0. The van der Waals surface area contributed by atoms with Crippen molar-refractivity contribution < 1.29 is 9.53 Å². The zero-order chi connectivity index (χ0) is 12.0. The summed E-state index contributed by atoms with van der Waals surface area (Å²) in [6.45, 7) is 7.28. The molecule has 2 rings (SSSR count). The van der Waals surface area contributed by atoms with Gasteiger partial charge in [-0.1, -0.05) is 0 Å². The molecule has 2 fully saturated rings. The lowest BCUT2D eigenvalue weighted by Gasteiger charge is -2.33. The second kappa shape index (κ2) is 3.62. The van der Waals surface area contributed by atoms with Gasteiger partial charge in [-0.15, -0.1) is 0 Å². The monoisotopic (exact) mass is 226 g/mol. The molecule has 1 spiro atoms. The average Bonchev–Trinajstić information content (AvgIpc) is 2.74.